The second kappa shape index (κ2) is 7.30. The smallest absolute Gasteiger partial charge is 0.243 e. The summed E-state index contributed by atoms with van der Waals surface area (Å²) in [5, 5.41) is 0.291. The van der Waals surface area contributed by atoms with Crippen LogP contribution in [0.2, 0.25) is 5.02 Å². The predicted octanol–water partition coefficient (Wildman–Crippen LogP) is 3.51. The minimum absolute atomic E-state index is 0.0247. The van der Waals surface area contributed by atoms with Crippen LogP contribution in [0.3, 0.4) is 0 Å². The molecular formula is C19H21ClN2O4S. The summed E-state index contributed by atoms with van der Waals surface area (Å²) in [6, 6.07) is 10.0. The van der Waals surface area contributed by atoms with Gasteiger partial charge in [-0.3, -0.25) is 0 Å². The predicted molar refractivity (Wildman–Crippen MR) is 102 cm³/mol. The van der Waals surface area contributed by atoms with Gasteiger partial charge >= 0.3 is 0 Å². The Morgan fingerprint density at radius 1 is 1.15 bits per heavy atom. The molecule has 1 aromatic carbocycles. The first-order valence-corrected chi connectivity index (χ1v) is 10.8. The van der Waals surface area contributed by atoms with Crippen LogP contribution >= 0.6 is 11.6 Å². The lowest BCUT2D eigenvalue weighted by Crippen LogP contribution is -2.49. The second-order valence-corrected chi connectivity index (χ2v) is 9.15. The van der Waals surface area contributed by atoms with Crippen molar-refractivity contribution < 1.29 is 17.9 Å². The molecule has 2 atom stereocenters. The number of methoxy groups -OCH3 is 1. The molecule has 144 valence electrons. The molecule has 0 N–H and O–H groups in total. The van der Waals surface area contributed by atoms with Gasteiger partial charge in [-0.15, -0.1) is 0 Å². The van der Waals surface area contributed by atoms with Gasteiger partial charge in [-0.05, 0) is 37.1 Å². The zero-order valence-electron chi connectivity index (χ0n) is 14.9. The Morgan fingerprint density at radius 2 is 1.89 bits per heavy atom. The lowest BCUT2D eigenvalue weighted by molar-refractivity contribution is 0.0918. The summed E-state index contributed by atoms with van der Waals surface area (Å²) in [6.45, 7) is 0. The van der Waals surface area contributed by atoms with Crippen molar-refractivity contribution in [3.8, 4) is 11.6 Å². The maximum atomic E-state index is 13.2. The molecule has 0 spiro atoms. The van der Waals surface area contributed by atoms with Gasteiger partial charge in [0.25, 0.3) is 0 Å². The Bertz CT molecular complexity index is 909. The molecule has 6 nitrogen and oxygen atoms in total. The highest BCUT2D eigenvalue weighted by molar-refractivity contribution is 7.89. The van der Waals surface area contributed by atoms with Crippen LogP contribution in [-0.4, -0.2) is 43.0 Å². The van der Waals surface area contributed by atoms with Crippen molar-refractivity contribution in [2.75, 3.05) is 7.11 Å². The Balaban J connectivity index is 1.54. The number of hydrogen-bond acceptors (Lipinski definition) is 5. The molecule has 2 aliphatic heterocycles. The van der Waals surface area contributed by atoms with E-state index in [1.54, 1.807) is 22.6 Å². The number of ether oxygens (including phenoxy) is 2. The van der Waals surface area contributed by atoms with Gasteiger partial charge in [-0.1, -0.05) is 17.7 Å². The fourth-order valence-corrected chi connectivity index (χ4v) is 6.33. The zero-order valence-corrected chi connectivity index (χ0v) is 16.5. The maximum absolute atomic E-state index is 13.2. The quantitative estimate of drug-likeness (QED) is 0.757. The summed E-state index contributed by atoms with van der Waals surface area (Å²) in [5.74, 6) is 1.04. The van der Waals surface area contributed by atoms with Gasteiger partial charge in [0, 0.05) is 37.2 Å². The van der Waals surface area contributed by atoms with Gasteiger partial charge in [0.2, 0.25) is 15.9 Å². The first kappa shape index (κ1) is 18.5. The van der Waals surface area contributed by atoms with Gasteiger partial charge in [-0.2, -0.15) is 4.31 Å². The summed E-state index contributed by atoms with van der Waals surface area (Å²) in [4.78, 5) is 4.41. The van der Waals surface area contributed by atoms with Crippen LogP contribution in [0.15, 0.2) is 47.5 Å². The van der Waals surface area contributed by atoms with Crippen molar-refractivity contribution in [3.05, 3.63) is 47.6 Å². The van der Waals surface area contributed by atoms with E-state index >= 15 is 0 Å². The number of aromatic nitrogens is 1. The minimum atomic E-state index is -3.62. The van der Waals surface area contributed by atoms with Crippen LogP contribution in [0.25, 0.3) is 0 Å². The van der Waals surface area contributed by atoms with Crippen molar-refractivity contribution >= 4 is 21.6 Å². The molecule has 2 unspecified atom stereocenters. The molecule has 0 saturated carbocycles. The molecule has 4 rings (SSSR count). The summed E-state index contributed by atoms with van der Waals surface area (Å²) in [7, 11) is -2.12. The first-order valence-electron chi connectivity index (χ1n) is 8.94. The van der Waals surface area contributed by atoms with Crippen molar-refractivity contribution in [3.63, 3.8) is 0 Å². The number of halogens is 1. The number of rotatable bonds is 5. The standard InChI is InChI=1S/C19H21ClN2O4S/c1-25-18-8-7-16(12-17(18)20)27(23,24)22-13-5-6-14(22)11-15(10-13)26-19-4-2-3-9-21-19/h2-4,7-9,12-15H,5-6,10-11H2,1H3. The normalized spacial score (nSPS) is 25.3. The van der Waals surface area contributed by atoms with E-state index in [1.165, 1.54) is 13.2 Å². The highest BCUT2D eigenvalue weighted by Gasteiger charge is 2.48. The second-order valence-electron chi connectivity index (χ2n) is 6.90. The van der Waals surface area contributed by atoms with Gasteiger partial charge in [0.05, 0.1) is 17.0 Å². The number of pyridine rings is 1. The van der Waals surface area contributed by atoms with Crippen molar-refractivity contribution in [1.82, 2.24) is 9.29 Å². The fraction of sp³-hybridized carbons (Fsp3) is 0.421. The molecule has 2 fully saturated rings. The summed E-state index contributed by atoms with van der Waals surface area (Å²) in [5.41, 5.74) is 0. The van der Waals surface area contributed by atoms with Crippen LogP contribution in [0, 0.1) is 0 Å². The van der Waals surface area contributed by atoms with Gasteiger partial charge < -0.3 is 9.47 Å². The van der Waals surface area contributed by atoms with E-state index < -0.39 is 10.0 Å². The highest BCUT2D eigenvalue weighted by Crippen LogP contribution is 2.41. The largest absolute Gasteiger partial charge is 0.495 e. The van der Waals surface area contributed by atoms with Crippen molar-refractivity contribution in [2.24, 2.45) is 0 Å². The number of piperidine rings is 1. The van der Waals surface area contributed by atoms with E-state index in [0.717, 1.165) is 12.8 Å². The first-order chi connectivity index (χ1) is 13.0. The van der Waals surface area contributed by atoms with Crippen LogP contribution in [0.5, 0.6) is 11.6 Å². The van der Waals surface area contributed by atoms with Gasteiger partial charge in [0.15, 0.2) is 0 Å². The third-order valence-corrected chi connectivity index (χ3v) is 7.54. The molecule has 3 heterocycles. The lowest BCUT2D eigenvalue weighted by atomic mass is 10.0. The number of sulfonamides is 1. The summed E-state index contributed by atoms with van der Waals surface area (Å²) >= 11 is 6.14. The number of hydrogen-bond donors (Lipinski definition) is 0. The molecule has 1 aromatic heterocycles. The van der Waals surface area contributed by atoms with Gasteiger partial charge in [0.1, 0.15) is 11.9 Å². The molecule has 2 aliphatic rings. The van der Waals surface area contributed by atoms with Crippen LogP contribution < -0.4 is 9.47 Å². The van der Waals surface area contributed by atoms with E-state index in [0.29, 0.717) is 29.5 Å². The molecule has 2 saturated heterocycles. The molecular weight excluding hydrogens is 388 g/mol. The maximum Gasteiger partial charge on any atom is 0.243 e. The fourth-order valence-electron chi connectivity index (χ4n) is 4.09. The summed E-state index contributed by atoms with van der Waals surface area (Å²) < 4.78 is 39.2. The third kappa shape index (κ3) is 3.51. The molecule has 0 amide bonds. The SMILES string of the molecule is COc1ccc(S(=O)(=O)N2C3CCC2CC(Oc2ccccn2)C3)cc1Cl. The molecule has 2 bridgehead atoms. The van der Waals surface area contributed by atoms with Crippen molar-refractivity contribution in [2.45, 2.75) is 48.8 Å². The van der Waals surface area contributed by atoms with E-state index in [2.05, 4.69) is 4.98 Å². The number of benzene rings is 1. The molecule has 8 heteroatoms. The molecule has 27 heavy (non-hydrogen) atoms. The topological polar surface area (TPSA) is 68.7 Å². The van der Waals surface area contributed by atoms with Crippen LogP contribution in [-0.2, 0) is 10.0 Å². The van der Waals surface area contributed by atoms with E-state index in [-0.39, 0.29) is 23.1 Å². The number of fused-ring (bicyclic) bond motifs is 2. The Kier molecular flexibility index (Phi) is 5.01. The summed E-state index contributed by atoms with van der Waals surface area (Å²) in [6.07, 6.45) is 4.68. The molecule has 0 aliphatic carbocycles. The minimum Gasteiger partial charge on any atom is -0.495 e. The van der Waals surface area contributed by atoms with Gasteiger partial charge in [-0.25, -0.2) is 13.4 Å². The molecule has 0 radical (unpaired) electrons. The van der Waals surface area contributed by atoms with Crippen LogP contribution in [0.4, 0.5) is 0 Å². The zero-order chi connectivity index (χ0) is 19.0. The average Bonchev–Trinajstić information content (AvgIpc) is 2.95. The monoisotopic (exact) mass is 408 g/mol. The van der Waals surface area contributed by atoms with Crippen LogP contribution in [0.1, 0.15) is 25.7 Å². The van der Waals surface area contributed by atoms with E-state index in [4.69, 9.17) is 21.1 Å². The van der Waals surface area contributed by atoms with Crippen molar-refractivity contribution in [1.29, 1.82) is 0 Å². The number of nitrogens with zero attached hydrogens (tertiary/aromatic N) is 2. The Labute approximate surface area is 164 Å². The molecule has 2 aromatic rings. The Hall–Kier alpha value is -1.83. The Morgan fingerprint density at radius 3 is 2.48 bits per heavy atom. The van der Waals surface area contributed by atoms with E-state index in [1.807, 2.05) is 18.2 Å². The third-order valence-electron chi connectivity index (χ3n) is 5.25. The highest BCUT2D eigenvalue weighted by atomic mass is 35.5. The average molecular weight is 409 g/mol. The lowest BCUT2D eigenvalue weighted by Gasteiger charge is -2.37. The van der Waals surface area contributed by atoms with E-state index in [9.17, 15) is 8.42 Å².